The van der Waals surface area contributed by atoms with Crippen molar-refractivity contribution in [1.82, 2.24) is 20.8 Å². The van der Waals surface area contributed by atoms with E-state index in [1.807, 2.05) is 0 Å². The number of H-pyrrole nitrogens is 1. The quantitative estimate of drug-likeness (QED) is 0.794. The summed E-state index contributed by atoms with van der Waals surface area (Å²) in [6.07, 6.45) is 7.25. The summed E-state index contributed by atoms with van der Waals surface area (Å²) in [5.41, 5.74) is 1.62. The first-order valence-electron chi connectivity index (χ1n) is 7.93. The van der Waals surface area contributed by atoms with Crippen LogP contribution in [-0.4, -0.2) is 41.4 Å². The molecule has 21 heavy (non-hydrogen) atoms. The zero-order valence-corrected chi connectivity index (χ0v) is 12.2. The van der Waals surface area contributed by atoms with Gasteiger partial charge in [0, 0.05) is 25.0 Å². The Kier molecular flexibility index (Phi) is 4.53. The number of carbonyl (C=O) groups excluding carboxylic acids is 1. The number of hydrogen-bond donors (Lipinski definition) is 3. The molecule has 0 radical (unpaired) electrons. The van der Waals surface area contributed by atoms with Crippen molar-refractivity contribution in [2.75, 3.05) is 13.1 Å². The Bertz CT molecular complexity index is 484. The average Bonchev–Trinajstić information content (AvgIpc) is 3.14. The van der Waals surface area contributed by atoms with E-state index in [1.54, 1.807) is 6.20 Å². The minimum atomic E-state index is -0.793. The maximum atomic E-state index is 13.1. The van der Waals surface area contributed by atoms with Crippen LogP contribution >= 0.6 is 0 Å². The predicted molar refractivity (Wildman–Crippen MR) is 78.1 cm³/mol. The fourth-order valence-corrected chi connectivity index (χ4v) is 3.42. The molecule has 0 unspecified atom stereocenters. The van der Waals surface area contributed by atoms with Crippen LogP contribution in [0.15, 0.2) is 6.20 Å². The molecule has 5 nitrogen and oxygen atoms in total. The number of nitrogens with zero attached hydrogens (tertiary/aromatic N) is 1. The molecule has 1 amide bonds. The topological polar surface area (TPSA) is 69.8 Å². The van der Waals surface area contributed by atoms with Crippen molar-refractivity contribution in [2.24, 2.45) is 0 Å². The molecule has 0 aromatic carbocycles. The fraction of sp³-hybridized carbons (Fsp3) is 0.733. The Morgan fingerprint density at radius 1 is 1.38 bits per heavy atom. The van der Waals surface area contributed by atoms with Crippen molar-refractivity contribution in [3.63, 3.8) is 0 Å². The Morgan fingerprint density at radius 3 is 2.90 bits per heavy atom. The molecular formula is C15H23FN4O. The molecule has 1 aromatic heterocycles. The highest BCUT2D eigenvalue weighted by atomic mass is 19.1. The van der Waals surface area contributed by atoms with Crippen molar-refractivity contribution < 1.29 is 9.18 Å². The third-order valence-electron chi connectivity index (χ3n) is 4.60. The van der Waals surface area contributed by atoms with Crippen molar-refractivity contribution >= 4 is 5.91 Å². The van der Waals surface area contributed by atoms with Gasteiger partial charge < -0.3 is 10.6 Å². The minimum Gasteiger partial charge on any atom is -0.350 e. The maximum absolute atomic E-state index is 13.1. The van der Waals surface area contributed by atoms with E-state index in [-0.39, 0.29) is 11.9 Å². The lowest BCUT2D eigenvalue weighted by Crippen LogP contribution is -2.37. The molecule has 2 atom stereocenters. The van der Waals surface area contributed by atoms with Crippen molar-refractivity contribution in [3.05, 3.63) is 17.5 Å². The number of alkyl halides is 1. The lowest BCUT2D eigenvalue weighted by atomic mass is 9.85. The summed E-state index contributed by atoms with van der Waals surface area (Å²) in [6.45, 7) is 0.855. The van der Waals surface area contributed by atoms with Gasteiger partial charge in [0.25, 0.3) is 5.91 Å². The summed E-state index contributed by atoms with van der Waals surface area (Å²) >= 11 is 0. The number of aromatic nitrogens is 2. The second-order valence-electron chi connectivity index (χ2n) is 6.18. The lowest BCUT2D eigenvalue weighted by molar-refractivity contribution is 0.0948. The molecule has 0 bridgehead atoms. The summed E-state index contributed by atoms with van der Waals surface area (Å²) in [5, 5.41) is 13.0. The number of hydrogen-bond acceptors (Lipinski definition) is 3. The maximum Gasteiger partial charge on any atom is 0.254 e. The van der Waals surface area contributed by atoms with Crippen LogP contribution in [0.2, 0.25) is 0 Å². The second kappa shape index (κ2) is 6.56. The predicted octanol–water partition coefficient (Wildman–Crippen LogP) is 1.89. The molecule has 1 aromatic rings. The van der Waals surface area contributed by atoms with Gasteiger partial charge in [0.1, 0.15) is 6.17 Å². The summed E-state index contributed by atoms with van der Waals surface area (Å²) in [6, 6.07) is 0.0361. The summed E-state index contributed by atoms with van der Waals surface area (Å²) in [5.74, 6) is 0.315. The van der Waals surface area contributed by atoms with Crippen molar-refractivity contribution in [1.29, 1.82) is 0 Å². The molecule has 2 heterocycles. The Balaban J connectivity index is 1.58. The van der Waals surface area contributed by atoms with Gasteiger partial charge in [-0.2, -0.15) is 5.10 Å². The molecule has 3 N–H and O–H groups in total. The molecule has 3 rings (SSSR count). The van der Waals surface area contributed by atoms with E-state index in [0.29, 0.717) is 31.0 Å². The van der Waals surface area contributed by atoms with Crippen LogP contribution in [0.25, 0.3) is 0 Å². The van der Waals surface area contributed by atoms with E-state index in [0.717, 1.165) is 18.5 Å². The summed E-state index contributed by atoms with van der Waals surface area (Å²) in [4.78, 5) is 12.3. The number of halogens is 1. The van der Waals surface area contributed by atoms with Gasteiger partial charge in [0.2, 0.25) is 0 Å². The van der Waals surface area contributed by atoms with Crippen LogP contribution in [0.4, 0.5) is 4.39 Å². The van der Waals surface area contributed by atoms with Crippen LogP contribution in [-0.2, 0) is 0 Å². The Labute approximate surface area is 124 Å². The Morgan fingerprint density at radius 2 is 2.19 bits per heavy atom. The summed E-state index contributed by atoms with van der Waals surface area (Å²) in [7, 11) is 0. The van der Waals surface area contributed by atoms with Crippen LogP contribution in [0.5, 0.6) is 0 Å². The van der Waals surface area contributed by atoms with Crippen LogP contribution in [0, 0.1) is 0 Å². The normalized spacial score (nSPS) is 26.9. The molecule has 2 fully saturated rings. The lowest BCUT2D eigenvalue weighted by Gasteiger charge is -2.21. The van der Waals surface area contributed by atoms with Gasteiger partial charge in [-0.05, 0) is 19.3 Å². The van der Waals surface area contributed by atoms with Crippen molar-refractivity contribution in [3.8, 4) is 0 Å². The smallest absolute Gasteiger partial charge is 0.254 e. The third kappa shape index (κ3) is 3.43. The van der Waals surface area contributed by atoms with E-state index in [2.05, 4.69) is 20.8 Å². The number of carbonyl (C=O) groups is 1. The number of amides is 1. The number of aromatic amines is 1. The molecule has 0 spiro atoms. The molecule has 2 aliphatic rings. The summed E-state index contributed by atoms with van der Waals surface area (Å²) < 4.78 is 13.1. The van der Waals surface area contributed by atoms with E-state index in [9.17, 15) is 9.18 Å². The van der Waals surface area contributed by atoms with Gasteiger partial charge in [-0.25, -0.2) is 4.39 Å². The molecule has 1 saturated heterocycles. The minimum absolute atomic E-state index is 0.0361. The van der Waals surface area contributed by atoms with Gasteiger partial charge in [-0.3, -0.25) is 9.89 Å². The monoisotopic (exact) mass is 294 g/mol. The highest BCUT2D eigenvalue weighted by molar-refractivity contribution is 5.95. The molecule has 1 aliphatic carbocycles. The first-order valence-corrected chi connectivity index (χ1v) is 7.93. The zero-order valence-electron chi connectivity index (χ0n) is 12.2. The van der Waals surface area contributed by atoms with E-state index >= 15 is 0 Å². The van der Waals surface area contributed by atoms with Crippen LogP contribution in [0.3, 0.4) is 0 Å². The molecule has 1 aliphatic heterocycles. The van der Waals surface area contributed by atoms with Gasteiger partial charge in [-0.1, -0.05) is 19.3 Å². The largest absolute Gasteiger partial charge is 0.350 e. The van der Waals surface area contributed by atoms with Gasteiger partial charge >= 0.3 is 0 Å². The SMILES string of the molecule is O=C(NC[C@@H]1C[C@H](F)CN1)c1cn[nH]c1C1CCCCC1. The van der Waals surface area contributed by atoms with Gasteiger partial charge in [0.15, 0.2) is 0 Å². The molecule has 6 heteroatoms. The molecule has 1 saturated carbocycles. The second-order valence-corrected chi connectivity index (χ2v) is 6.18. The molecule has 116 valence electrons. The average molecular weight is 294 g/mol. The van der Waals surface area contributed by atoms with E-state index in [1.165, 1.54) is 19.3 Å². The molecular weight excluding hydrogens is 271 g/mol. The Hall–Kier alpha value is -1.43. The third-order valence-corrected chi connectivity index (χ3v) is 4.60. The number of nitrogens with one attached hydrogen (secondary N) is 3. The number of rotatable bonds is 4. The highest BCUT2D eigenvalue weighted by Crippen LogP contribution is 2.33. The fourth-order valence-electron chi connectivity index (χ4n) is 3.42. The van der Waals surface area contributed by atoms with Gasteiger partial charge in [0.05, 0.1) is 17.5 Å². The van der Waals surface area contributed by atoms with Crippen LogP contribution in [0.1, 0.15) is 60.5 Å². The zero-order chi connectivity index (χ0) is 14.7. The van der Waals surface area contributed by atoms with E-state index < -0.39 is 6.17 Å². The van der Waals surface area contributed by atoms with E-state index in [4.69, 9.17) is 0 Å². The highest BCUT2D eigenvalue weighted by Gasteiger charge is 2.26. The standard InChI is InChI=1S/C15H23FN4O/c16-11-6-12(17-7-11)8-18-15(21)13-9-19-20-14(13)10-4-2-1-3-5-10/h9-12,17H,1-8H2,(H,18,21)(H,19,20)/t11-,12-/m0/s1. The van der Waals surface area contributed by atoms with Gasteiger partial charge in [-0.15, -0.1) is 0 Å². The van der Waals surface area contributed by atoms with Crippen molar-refractivity contribution in [2.45, 2.75) is 56.7 Å². The first kappa shape index (κ1) is 14.5. The first-order chi connectivity index (χ1) is 10.2. The van der Waals surface area contributed by atoms with Crippen LogP contribution < -0.4 is 10.6 Å².